The molecule has 1 unspecified atom stereocenters. The zero-order chi connectivity index (χ0) is 11.5. The molecule has 1 aromatic carbocycles. The Balaban J connectivity index is 2.24. The molecule has 0 saturated heterocycles. The van der Waals surface area contributed by atoms with Gasteiger partial charge in [0, 0.05) is 11.4 Å². The first-order chi connectivity index (χ1) is 7.70. The lowest BCUT2D eigenvalue weighted by Gasteiger charge is -2.23. The van der Waals surface area contributed by atoms with E-state index < -0.39 is 0 Å². The van der Waals surface area contributed by atoms with Gasteiger partial charge in [0.25, 0.3) is 0 Å². The molecule has 0 radical (unpaired) electrons. The molecule has 80 valence electrons. The predicted octanol–water partition coefficient (Wildman–Crippen LogP) is 2.49. The van der Waals surface area contributed by atoms with E-state index in [4.69, 9.17) is 6.42 Å². The number of rotatable bonds is 1. The standard InChI is InChI=1S/C14H13NO/c1-3-11-6-9-14(15-10(11)2)12-4-7-13(16)8-5-12/h1,4-5,7-9,11,15-16H,2,6H2. The third-order valence-electron chi connectivity index (χ3n) is 2.65. The van der Waals surface area contributed by atoms with Crippen molar-refractivity contribution >= 4 is 5.70 Å². The number of nitrogens with one attached hydrogen (secondary N) is 1. The molecule has 0 spiro atoms. The van der Waals surface area contributed by atoms with Gasteiger partial charge in [0.2, 0.25) is 0 Å². The van der Waals surface area contributed by atoms with E-state index >= 15 is 0 Å². The smallest absolute Gasteiger partial charge is 0.115 e. The average Bonchev–Trinajstić information content (AvgIpc) is 2.30. The minimum absolute atomic E-state index is 0.0702. The summed E-state index contributed by atoms with van der Waals surface area (Å²) in [5.74, 6) is 3.02. The zero-order valence-electron chi connectivity index (χ0n) is 8.90. The number of allylic oxidation sites excluding steroid dienone is 2. The number of hydrogen-bond donors (Lipinski definition) is 2. The highest BCUT2D eigenvalue weighted by atomic mass is 16.3. The molecule has 1 atom stereocenters. The molecule has 16 heavy (non-hydrogen) atoms. The summed E-state index contributed by atoms with van der Waals surface area (Å²) in [5.41, 5.74) is 2.87. The highest BCUT2D eigenvalue weighted by molar-refractivity contribution is 5.67. The number of aromatic hydroxyl groups is 1. The van der Waals surface area contributed by atoms with Crippen molar-refractivity contribution in [2.45, 2.75) is 6.42 Å². The Bertz CT molecular complexity index is 476. The maximum Gasteiger partial charge on any atom is 0.115 e. The van der Waals surface area contributed by atoms with Crippen molar-refractivity contribution in [1.29, 1.82) is 0 Å². The predicted molar refractivity (Wildman–Crippen MR) is 65.3 cm³/mol. The van der Waals surface area contributed by atoms with Gasteiger partial charge in [0.15, 0.2) is 0 Å². The first-order valence-corrected chi connectivity index (χ1v) is 5.12. The van der Waals surface area contributed by atoms with Gasteiger partial charge in [-0.15, -0.1) is 6.42 Å². The summed E-state index contributed by atoms with van der Waals surface area (Å²) >= 11 is 0. The number of phenolic OH excluding ortho intramolecular Hbond substituents is 1. The maximum absolute atomic E-state index is 9.20. The van der Waals surface area contributed by atoms with E-state index in [0.29, 0.717) is 0 Å². The van der Waals surface area contributed by atoms with Crippen LogP contribution in [0, 0.1) is 18.3 Å². The third kappa shape index (κ3) is 1.94. The third-order valence-corrected chi connectivity index (χ3v) is 2.65. The summed E-state index contributed by atoms with van der Waals surface area (Å²) in [6.45, 7) is 3.92. The SMILES string of the molecule is C#CC1CC=C(c2ccc(O)cc2)NC1=C. The molecule has 1 aliphatic rings. The van der Waals surface area contributed by atoms with Gasteiger partial charge in [-0.25, -0.2) is 0 Å². The van der Waals surface area contributed by atoms with Crippen LogP contribution in [-0.4, -0.2) is 5.11 Å². The molecule has 2 N–H and O–H groups in total. The summed E-state index contributed by atoms with van der Waals surface area (Å²) in [6.07, 6.45) is 8.25. The van der Waals surface area contributed by atoms with Crippen LogP contribution in [-0.2, 0) is 0 Å². The normalized spacial score (nSPS) is 19.6. The fraction of sp³-hybridized carbons (Fsp3) is 0.143. The Morgan fingerprint density at radius 3 is 2.62 bits per heavy atom. The van der Waals surface area contributed by atoms with E-state index in [-0.39, 0.29) is 11.7 Å². The van der Waals surface area contributed by atoms with Crippen molar-refractivity contribution in [2.75, 3.05) is 0 Å². The lowest BCUT2D eigenvalue weighted by molar-refractivity contribution is 0.475. The molecule has 0 bridgehead atoms. The van der Waals surface area contributed by atoms with E-state index in [1.807, 2.05) is 12.1 Å². The number of terminal acetylenes is 1. The minimum Gasteiger partial charge on any atom is -0.508 e. The van der Waals surface area contributed by atoms with Crippen molar-refractivity contribution in [1.82, 2.24) is 5.32 Å². The topological polar surface area (TPSA) is 32.3 Å². The molecule has 2 rings (SSSR count). The van der Waals surface area contributed by atoms with Gasteiger partial charge < -0.3 is 10.4 Å². The van der Waals surface area contributed by atoms with Gasteiger partial charge >= 0.3 is 0 Å². The van der Waals surface area contributed by atoms with Crippen LogP contribution in [0.4, 0.5) is 0 Å². The molecule has 2 heteroatoms. The van der Waals surface area contributed by atoms with Gasteiger partial charge in [-0.2, -0.15) is 0 Å². The van der Waals surface area contributed by atoms with Gasteiger partial charge in [0.1, 0.15) is 5.75 Å². The minimum atomic E-state index is 0.0702. The Morgan fingerprint density at radius 1 is 1.38 bits per heavy atom. The number of phenols is 1. The van der Waals surface area contributed by atoms with Crippen molar-refractivity contribution in [3.63, 3.8) is 0 Å². The van der Waals surface area contributed by atoms with E-state index in [1.54, 1.807) is 12.1 Å². The van der Waals surface area contributed by atoms with Crippen molar-refractivity contribution in [2.24, 2.45) is 5.92 Å². The van der Waals surface area contributed by atoms with Crippen LogP contribution in [0.15, 0.2) is 42.6 Å². The summed E-state index contributed by atoms with van der Waals surface area (Å²) in [6, 6.07) is 7.04. The molecule has 0 fully saturated rings. The zero-order valence-corrected chi connectivity index (χ0v) is 8.90. The molecule has 2 nitrogen and oxygen atoms in total. The van der Waals surface area contributed by atoms with Gasteiger partial charge in [-0.1, -0.05) is 18.6 Å². The highest BCUT2D eigenvalue weighted by Crippen LogP contribution is 2.25. The van der Waals surface area contributed by atoms with Crippen molar-refractivity contribution < 1.29 is 5.11 Å². The summed E-state index contributed by atoms with van der Waals surface area (Å²) in [4.78, 5) is 0. The molecule has 0 saturated carbocycles. The molecule has 1 aliphatic heterocycles. The monoisotopic (exact) mass is 211 g/mol. The van der Waals surface area contributed by atoms with Crippen LogP contribution in [0.2, 0.25) is 0 Å². The number of benzene rings is 1. The first-order valence-electron chi connectivity index (χ1n) is 5.12. The van der Waals surface area contributed by atoms with E-state index in [1.165, 1.54) is 0 Å². The molecule has 0 aliphatic carbocycles. The Hall–Kier alpha value is -2.14. The fourth-order valence-corrected chi connectivity index (χ4v) is 1.69. The molecule has 0 aromatic heterocycles. The van der Waals surface area contributed by atoms with Crippen LogP contribution in [0.1, 0.15) is 12.0 Å². The second kappa shape index (κ2) is 4.16. The Labute approximate surface area is 95.3 Å². The van der Waals surface area contributed by atoms with E-state index in [9.17, 15) is 5.11 Å². The van der Waals surface area contributed by atoms with Crippen LogP contribution in [0.3, 0.4) is 0 Å². The van der Waals surface area contributed by atoms with E-state index in [0.717, 1.165) is 23.4 Å². The molecule has 1 aromatic rings. The second-order valence-electron chi connectivity index (χ2n) is 3.77. The van der Waals surface area contributed by atoms with Crippen molar-refractivity contribution in [3.05, 3.63) is 48.2 Å². The highest BCUT2D eigenvalue weighted by Gasteiger charge is 2.15. The largest absolute Gasteiger partial charge is 0.508 e. The Morgan fingerprint density at radius 2 is 2.06 bits per heavy atom. The van der Waals surface area contributed by atoms with Crippen LogP contribution >= 0.6 is 0 Å². The van der Waals surface area contributed by atoms with Gasteiger partial charge in [-0.05, 0) is 36.2 Å². The van der Waals surface area contributed by atoms with Crippen LogP contribution in [0.25, 0.3) is 5.70 Å². The van der Waals surface area contributed by atoms with Crippen LogP contribution < -0.4 is 5.32 Å². The lowest BCUT2D eigenvalue weighted by atomic mass is 9.96. The first kappa shape index (κ1) is 10.4. The maximum atomic E-state index is 9.20. The second-order valence-corrected chi connectivity index (χ2v) is 3.77. The van der Waals surface area contributed by atoms with E-state index in [2.05, 4.69) is 23.9 Å². The van der Waals surface area contributed by atoms with Gasteiger partial charge in [-0.3, -0.25) is 0 Å². The lowest BCUT2D eigenvalue weighted by Crippen LogP contribution is -2.21. The summed E-state index contributed by atoms with van der Waals surface area (Å²) in [5, 5.41) is 12.4. The van der Waals surface area contributed by atoms with Gasteiger partial charge in [0.05, 0.1) is 5.92 Å². The molecule has 0 amide bonds. The summed E-state index contributed by atoms with van der Waals surface area (Å²) < 4.78 is 0. The summed E-state index contributed by atoms with van der Waals surface area (Å²) in [7, 11) is 0. The molecular weight excluding hydrogens is 198 g/mol. The number of hydrogen-bond acceptors (Lipinski definition) is 2. The van der Waals surface area contributed by atoms with Crippen molar-refractivity contribution in [3.8, 4) is 18.1 Å². The Kier molecular flexibility index (Phi) is 2.70. The molecule has 1 heterocycles. The van der Waals surface area contributed by atoms with Crippen LogP contribution in [0.5, 0.6) is 5.75 Å². The molecular formula is C14H13NO. The average molecular weight is 211 g/mol. The fourth-order valence-electron chi connectivity index (χ4n) is 1.69. The quantitative estimate of drug-likeness (QED) is 0.699.